The van der Waals surface area contributed by atoms with Crippen LogP contribution in [-0.2, 0) is 5.72 Å². The molecule has 1 atom stereocenters. The van der Waals surface area contributed by atoms with Crippen LogP contribution in [-0.4, -0.2) is 26.5 Å². The molecule has 4 nitrogen and oxygen atoms in total. The average Bonchev–Trinajstić information content (AvgIpc) is 2.73. The van der Waals surface area contributed by atoms with Crippen molar-refractivity contribution >= 4 is 35.8 Å². The molecule has 1 rings (SSSR count). The lowest BCUT2D eigenvalue weighted by molar-refractivity contribution is -0.121. The van der Waals surface area contributed by atoms with Gasteiger partial charge in [-0.15, -0.1) is 12.6 Å². The summed E-state index contributed by atoms with van der Waals surface area (Å²) >= 11 is 15.9. The van der Waals surface area contributed by atoms with Gasteiger partial charge in [0.25, 0.3) is 0 Å². The predicted octanol–water partition coefficient (Wildman–Crippen LogP) is 2.92. The first kappa shape index (κ1) is 15.8. The van der Waals surface area contributed by atoms with E-state index >= 15 is 0 Å². The largest absolute Gasteiger partial charge is 0.364 e. The van der Waals surface area contributed by atoms with Crippen LogP contribution in [0.15, 0.2) is 21.5 Å². The van der Waals surface area contributed by atoms with Crippen molar-refractivity contribution in [1.29, 1.82) is 0 Å². The molecule has 0 fully saturated rings. The van der Waals surface area contributed by atoms with Crippen molar-refractivity contribution in [3.8, 4) is 0 Å². The van der Waals surface area contributed by atoms with Crippen LogP contribution in [0.2, 0.25) is 0 Å². The van der Waals surface area contributed by atoms with Gasteiger partial charge in [-0.05, 0) is 6.92 Å². The van der Waals surface area contributed by atoms with Crippen molar-refractivity contribution in [2.24, 2.45) is 5.41 Å². The Morgan fingerprint density at radius 2 is 2.11 bits per heavy atom. The summed E-state index contributed by atoms with van der Waals surface area (Å²) in [4.78, 5) is 3.78. The number of hydrogen-bond donors (Lipinski definition) is 2. The van der Waals surface area contributed by atoms with E-state index in [0.29, 0.717) is 0 Å². The summed E-state index contributed by atoms with van der Waals surface area (Å²) in [6.07, 6.45) is 1.19. The molecule has 0 radical (unpaired) electrons. The van der Waals surface area contributed by atoms with Crippen molar-refractivity contribution < 1.29 is 9.50 Å². The third-order valence-electron chi connectivity index (χ3n) is 2.72. The fourth-order valence-electron chi connectivity index (χ4n) is 1.47. The van der Waals surface area contributed by atoms with E-state index in [1.807, 2.05) is 0 Å². The average molecular weight is 314 g/mol. The Morgan fingerprint density at radius 1 is 1.56 bits per heavy atom. The lowest BCUT2D eigenvalue weighted by Crippen LogP contribution is -2.50. The summed E-state index contributed by atoms with van der Waals surface area (Å²) in [5.74, 6) is 0. The third-order valence-corrected chi connectivity index (χ3v) is 3.86. The monoisotopic (exact) mass is 313 g/mol. The minimum atomic E-state index is -1.96. The standard InChI is InChI=1S/C10H14Cl2FN3OS/c1-6(11)7(12)10(17,9(2,3)4-13)16-8(18)14-5-15-16/h5,17H,4H2,1-3H3,(H,14,15,18). The smallest absolute Gasteiger partial charge is 0.206 e. The lowest BCUT2D eigenvalue weighted by Gasteiger charge is -2.40. The van der Waals surface area contributed by atoms with Crippen molar-refractivity contribution in [1.82, 2.24) is 14.8 Å². The van der Waals surface area contributed by atoms with Gasteiger partial charge in [-0.2, -0.15) is 5.10 Å². The summed E-state index contributed by atoms with van der Waals surface area (Å²) < 4.78 is 14.3. The maximum Gasteiger partial charge on any atom is 0.206 e. The summed E-state index contributed by atoms with van der Waals surface area (Å²) in [6, 6.07) is 0. The number of aromatic nitrogens is 3. The van der Waals surface area contributed by atoms with Crippen molar-refractivity contribution in [2.45, 2.75) is 31.7 Å². The molecule has 0 aliphatic heterocycles. The number of thiol groups is 1. The fraction of sp³-hybridized carbons (Fsp3) is 0.600. The molecule has 18 heavy (non-hydrogen) atoms. The molecule has 0 aromatic carbocycles. The highest BCUT2D eigenvalue weighted by Gasteiger charge is 2.50. The second-order valence-electron chi connectivity index (χ2n) is 4.51. The zero-order valence-corrected chi connectivity index (χ0v) is 12.6. The van der Waals surface area contributed by atoms with Crippen LogP contribution in [0.4, 0.5) is 4.39 Å². The quantitative estimate of drug-likeness (QED) is 0.840. The topological polar surface area (TPSA) is 50.9 Å². The van der Waals surface area contributed by atoms with Gasteiger partial charge in [-0.1, -0.05) is 37.0 Å². The van der Waals surface area contributed by atoms with Gasteiger partial charge < -0.3 is 5.11 Å². The molecule has 1 heterocycles. The molecular weight excluding hydrogens is 300 g/mol. The number of nitrogens with zero attached hydrogens (tertiary/aromatic N) is 3. The molecule has 1 aromatic heterocycles. The van der Waals surface area contributed by atoms with E-state index in [9.17, 15) is 9.50 Å². The van der Waals surface area contributed by atoms with E-state index in [0.717, 1.165) is 4.68 Å². The van der Waals surface area contributed by atoms with E-state index in [2.05, 4.69) is 22.7 Å². The molecule has 0 spiro atoms. The lowest BCUT2D eigenvalue weighted by atomic mass is 9.81. The highest BCUT2D eigenvalue weighted by atomic mass is 35.5. The molecule has 8 heteroatoms. The highest BCUT2D eigenvalue weighted by Crippen LogP contribution is 2.45. The number of allylic oxidation sites excluding steroid dienone is 1. The van der Waals surface area contributed by atoms with Crippen molar-refractivity contribution in [2.75, 3.05) is 6.67 Å². The van der Waals surface area contributed by atoms with Crippen LogP contribution in [0.1, 0.15) is 20.8 Å². The van der Waals surface area contributed by atoms with E-state index in [1.54, 1.807) is 0 Å². The van der Waals surface area contributed by atoms with Crippen LogP contribution in [0.25, 0.3) is 0 Å². The van der Waals surface area contributed by atoms with Crippen molar-refractivity contribution in [3.63, 3.8) is 0 Å². The van der Waals surface area contributed by atoms with Gasteiger partial charge in [0.1, 0.15) is 6.33 Å². The molecule has 1 unspecified atom stereocenters. The summed E-state index contributed by atoms with van der Waals surface area (Å²) in [6.45, 7) is 3.67. The Bertz CT molecular complexity index is 473. The molecule has 102 valence electrons. The molecule has 0 aliphatic rings. The van der Waals surface area contributed by atoms with E-state index < -0.39 is 17.8 Å². The van der Waals surface area contributed by atoms with E-state index in [-0.39, 0.29) is 15.2 Å². The van der Waals surface area contributed by atoms with Crippen LogP contribution in [0.5, 0.6) is 0 Å². The number of alkyl halides is 1. The molecule has 0 amide bonds. The van der Waals surface area contributed by atoms with Gasteiger partial charge in [-0.25, -0.2) is 9.67 Å². The Hall–Kier alpha value is -0.300. The first-order valence-corrected chi connectivity index (χ1v) is 6.29. The summed E-state index contributed by atoms with van der Waals surface area (Å²) in [5, 5.41) is 14.8. The van der Waals surface area contributed by atoms with Gasteiger partial charge in [0.2, 0.25) is 5.72 Å². The van der Waals surface area contributed by atoms with E-state index in [4.69, 9.17) is 23.2 Å². The Morgan fingerprint density at radius 3 is 2.44 bits per heavy atom. The van der Waals surface area contributed by atoms with Gasteiger partial charge in [0.15, 0.2) is 5.16 Å². The Labute approximate surface area is 120 Å². The Kier molecular flexibility index (Phi) is 4.70. The second-order valence-corrected chi connectivity index (χ2v) is 5.85. The first-order valence-electron chi connectivity index (χ1n) is 5.08. The molecule has 1 aromatic rings. The van der Waals surface area contributed by atoms with Gasteiger partial charge in [0, 0.05) is 10.4 Å². The highest BCUT2D eigenvalue weighted by molar-refractivity contribution is 7.80. The second kappa shape index (κ2) is 5.36. The normalized spacial score (nSPS) is 17.3. The maximum absolute atomic E-state index is 13.2. The predicted molar refractivity (Wildman–Crippen MR) is 71.6 cm³/mol. The molecule has 0 aliphatic carbocycles. The molecule has 0 bridgehead atoms. The first-order chi connectivity index (χ1) is 8.18. The van der Waals surface area contributed by atoms with Crippen molar-refractivity contribution in [3.05, 3.63) is 16.4 Å². The van der Waals surface area contributed by atoms with Gasteiger partial charge >= 0.3 is 0 Å². The van der Waals surface area contributed by atoms with Crippen LogP contribution < -0.4 is 0 Å². The minimum Gasteiger partial charge on any atom is -0.364 e. The third kappa shape index (κ3) is 2.39. The number of rotatable bonds is 4. The minimum absolute atomic E-state index is 0.107. The summed E-state index contributed by atoms with van der Waals surface area (Å²) in [5.41, 5.74) is -3.21. The van der Waals surface area contributed by atoms with Crippen LogP contribution in [0, 0.1) is 5.41 Å². The van der Waals surface area contributed by atoms with Crippen LogP contribution in [0.3, 0.4) is 0 Å². The zero-order valence-electron chi connectivity index (χ0n) is 10.2. The molecule has 0 saturated carbocycles. The van der Waals surface area contributed by atoms with Crippen LogP contribution >= 0.6 is 35.8 Å². The van der Waals surface area contributed by atoms with E-state index in [1.165, 1.54) is 27.1 Å². The number of aliphatic hydroxyl groups is 1. The number of halogens is 3. The molecular formula is C10H14Cl2FN3OS. The summed E-state index contributed by atoms with van der Waals surface area (Å²) in [7, 11) is 0. The molecule has 0 saturated heterocycles. The fourth-order valence-corrected chi connectivity index (χ4v) is 2.19. The maximum atomic E-state index is 13.2. The Balaban J connectivity index is 3.56. The zero-order chi connectivity index (χ0) is 14.1. The SMILES string of the molecule is CC(Cl)=C(Cl)C(O)(n1ncnc1S)C(C)(C)CF. The van der Waals surface area contributed by atoms with Gasteiger partial charge in [-0.3, -0.25) is 4.39 Å². The molecule has 1 N–H and O–H groups in total. The number of hydrogen-bond acceptors (Lipinski definition) is 4. The van der Waals surface area contributed by atoms with Gasteiger partial charge in [0.05, 0.1) is 11.7 Å².